The molecule has 1 aromatic heterocycles. The van der Waals surface area contributed by atoms with Crippen molar-refractivity contribution in [1.82, 2.24) is 4.98 Å². The summed E-state index contributed by atoms with van der Waals surface area (Å²) in [5.74, 6) is -1.04. The van der Waals surface area contributed by atoms with Crippen molar-refractivity contribution in [1.29, 1.82) is 0 Å². The predicted molar refractivity (Wildman–Crippen MR) is 147 cm³/mol. The summed E-state index contributed by atoms with van der Waals surface area (Å²) in [6.45, 7) is 4.46. The van der Waals surface area contributed by atoms with E-state index in [1.807, 2.05) is 13.8 Å². The van der Waals surface area contributed by atoms with E-state index in [1.165, 1.54) is 23.1 Å². The van der Waals surface area contributed by atoms with E-state index in [4.69, 9.17) is 9.47 Å². The smallest absolute Gasteiger partial charge is 0.301 e. The average Bonchev–Trinajstić information content (AvgIpc) is 3.59. The zero-order valence-electron chi connectivity index (χ0n) is 21.3. The average molecular weight is 545 g/mol. The highest BCUT2D eigenvalue weighted by Crippen LogP contribution is 2.45. The van der Waals surface area contributed by atoms with Crippen molar-refractivity contribution in [2.75, 3.05) is 11.5 Å². The van der Waals surface area contributed by atoms with Crippen LogP contribution < -0.4 is 14.4 Å². The van der Waals surface area contributed by atoms with Crippen LogP contribution >= 0.6 is 11.3 Å². The highest BCUT2D eigenvalue weighted by atomic mass is 32.1. The monoisotopic (exact) mass is 544 g/mol. The van der Waals surface area contributed by atoms with Crippen molar-refractivity contribution >= 4 is 44.1 Å². The topological polar surface area (TPSA) is 89.0 Å². The van der Waals surface area contributed by atoms with Gasteiger partial charge in [0.2, 0.25) is 0 Å². The largest absolute Gasteiger partial charge is 0.507 e. The summed E-state index contributed by atoms with van der Waals surface area (Å²) in [7, 11) is 0. The molecule has 1 amide bonds. The number of nitrogens with zero attached hydrogens (tertiary/aromatic N) is 2. The van der Waals surface area contributed by atoms with Gasteiger partial charge < -0.3 is 14.6 Å². The van der Waals surface area contributed by atoms with Gasteiger partial charge in [-0.25, -0.2) is 9.37 Å². The highest BCUT2D eigenvalue weighted by Gasteiger charge is 2.48. The van der Waals surface area contributed by atoms with Crippen molar-refractivity contribution in [3.8, 4) is 11.5 Å². The lowest BCUT2D eigenvalue weighted by Gasteiger charge is -2.23. The normalized spacial score (nSPS) is 19.9. The maximum absolute atomic E-state index is 13.9. The number of aliphatic hydroxyl groups excluding tert-OH is 1. The number of aliphatic hydroxyl groups is 1. The Hall–Kier alpha value is -4.24. The van der Waals surface area contributed by atoms with Crippen molar-refractivity contribution in [2.24, 2.45) is 0 Å². The second-order valence-corrected chi connectivity index (χ2v) is 10.7. The first-order chi connectivity index (χ1) is 18.8. The Morgan fingerprint density at radius 2 is 2.03 bits per heavy atom. The number of rotatable bonds is 6. The Morgan fingerprint density at radius 3 is 2.85 bits per heavy atom. The fourth-order valence-corrected chi connectivity index (χ4v) is 6.07. The first-order valence-electron chi connectivity index (χ1n) is 12.7. The summed E-state index contributed by atoms with van der Waals surface area (Å²) >= 11 is 1.11. The quantitative estimate of drug-likeness (QED) is 0.177. The van der Waals surface area contributed by atoms with E-state index < -0.39 is 23.5 Å². The Morgan fingerprint density at radius 1 is 1.18 bits per heavy atom. The minimum atomic E-state index is -0.969. The fourth-order valence-electron chi connectivity index (χ4n) is 5.05. The minimum absolute atomic E-state index is 0.0118. The van der Waals surface area contributed by atoms with Gasteiger partial charge in [-0.2, -0.15) is 0 Å². The molecular formula is C30H25FN2O5S. The molecule has 3 aromatic carbocycles. The molecule has 1 saturated heterocycles. The molecule has 6 rings (SSSR count). The number of fused-ring (bicyclic) bond motifs is 2. The van der Waals surface area contributed by atoms with E-state index >= 15 is 0 Å². The van der Waals surface area contributed by atoms with E-state index in [0.717, 1.165) is 29.1 Å². The molecule has 0 saturated carbocycles. The maximum atomic E-state index is 13.9. The van der Waals surface area contributed by atoms with Crippen LogP contribution in [0.15, 0.2) is 66.2 Å². The number of Topliss-reactive ketones (excluding diaryl/α,β-unsaturated/α-hetero) is 1. The van der Waals surface area contributed by atoms with Crippen LogP contribution in [0.5, 0.6) is 11.5 Å². The molecule has 2 aliphatic rings. The maximum Gasteiger partial charge on any atom is 0.301 e. The van der Waals surface area contributed by atoms with Crippen LogP contribution in [0.1, 0.15) is 43.0 Å². The number of amides is 1. The summed E-state index contributed by atoms with van der Waals surface area (Å²) in [6, 6.07) is 15.6. The number of hydrogen-bond donors (Lipinski definition) is 1. The lowest BCUT2D eigenvalue weighted by molar-refractivity contribution is -0.132. The number of thiazole rings is 1. The van der Waals surface area contributed by atoms with Gasteiger partial charge in [0.1, 0.15) is 29.2 Å². The summed E-state index contributed by atoms with van der Waals surface area (Å²) in [6.07, 6.45) is 1.50. The van der Waals surface area contributed by atoms with Crippen LogP contribution in [0.25, 0.3) is 16.0 Å². The Balaban J connectivity index is 1.52. The number of anilines is 1. The summed E-state index contributed by atoms with van der Waals surface area (Å²) in [4.78, 5) is 32.9. The minimum Gasteiger partial charge on any atom is -0.507 e. The zero-order chi connectivity index (χ0) is 27.3. The number of ketones is 1. The lowest BCUT2D eigenvalue weighted by Crippen LogP contribution is -2.29. The van der Waals surface area contributed by atoms with Gasteiger partial charge in [-0.05, 0) is 73.0 Å². The molecular weight excluding hydrogens is 519 g/mol. The lowest BCUT2D eigenvalue weighted by atomic mass is 9.94. The Labute approximate surface area is 228 Å². The standard InChI is InChI=1S/C30H25FN2O5S/c1-3-11-37-21-6-4-5-17(14-21)26-25(27(34)18-7-10-23-19(13-18)12-16(2)38-23)28(35)29(36)33(26)30-32-22-9-8-20(31)15-24(22)39-30/h4-10,13-16,26,34H,3,11-12H2,1-2H3/t16-,26+/m1/s1. The Kier molecular flexibility index (Phi) is 6.31. The van der Waals surface area contributed by atoms with E-state index in [0.29, 0.717) is 40.1 Å². The number of ether oxygens (including phenoxy) is 2. The molecule has 0 radical (unpaired) electrons. The molecule has 9 heteroatoms. The van der Waals surface area contributed by atoms with Gasteiger partial charge in [0.15, 0.2) is 5.13 Å². The number of hydrogen-bond acceptors (Lipinski definition) is 7. The number of carbonyl (C=O) groups is 2. The third-order valence-corrected chi connectivity index (χ3v) is 7.82. The van der Waals surface area contributed by atoms with Crippen molar-refractivity contribution in [3.63, 3.8) is 0 Å². The molecule has 1 N–H and O–H groups in total. The van der Waals surface area contributed by atoms with Crippen LogP contribution in [-0.2, 0) is 16.0 Å². The van der Waals surface area contributed by atoms with Crippen molar-refractivity contribution < 1.29 is 28.6 Å². The van der Waals surface area contributed by atoms with Crippen LogP contribution in [0.3, 0.4) is 0 Å². The van der Waals surface area contributed by atoms with Gasteiger partial charge in [-0.1, -0.05) is 30.4 Å². The van der Waals surface area contributed by atoms with Crippen LogP contribution in [0.4, 0.5) is 9.52 Å². The molecule has 7 nitrogen and oxygen atoms in total. The molecule has 0 bridgehead atoms. The van der Waals surface area contributed by atoms with Crippen molar-refractivity contribution in [3.05, 3.63) is 88.7 Å². The number of aromatic nitrogens is 1. The molecule has 3 heterocycles. The van der Waals surface area contributed by atoms with Gasteiger partial charge in [0.05, 0.1) is 28.4 Å². The third-order valence-electron chi connectivity index (χ3n) is 6.81. The van der Waals surface area contributed by atoms with E-state index in [-0.39, 0.29) is 22.6 Å². The van der Waals surface area contributed by atoms with Gasteiger partial charge in [-0.3, -0.25) is 14.5 Å². The molecule has 0 spiro atoms. The summed E-state index contributed by atoms with van der Waals surface area (Å²) < 4.78 is 26.0. The molecule has 0 aliphatic carbocycles. The molecule has 198 valence electrons. The molecule has 0 unspecified atom stereocenters. The van der Waals surface area contributed by atoms with Gasteiger partial charge in [0, 0.05) is 12.0 Å². The van der Waals surface area contributed by atoms with Gasteiger partial charge in [0.25, 0.3) is 5.78 Å². The molecule has 39 heavy (non-hydrogen) atoms. The van der Waals surface area contributed by atoms with Crippen LogP contribution in [0, 0.1) is 5.82 Å². The first-order valence-corrected chi connectivity index (χ1v) is 13.6. The number of halogens is 1. The second-order valence-electron chi connectivity index (χ2n) is 9.65. The number of benzene rings is 3. The van der Waals surface area contributed by atoms with E-state index in [1.54, 1.807) is 42.5 Å². The fraction of sp³-hybridized carbons (Fsp3) is 0.233. The second kappa shape index (κ2) is 9.81. The molecule has 4 aromatic rings. The van der Waals surface area contributed by atoms with Gasteiger partial charge in [-0.15, -0.1) is 0 Å². The molecule has 2 aliphatic heterocycles. The molecule has 2 atom stereocenters. The Bertz CT molecular complexity index is 1660. The summed E-state index contributed by atoms with van der Waals surface area (Å²) in [5.41, 5.74) is 2.36. The zero-order valence-corrected chi connectivity index (χ0v) is 22.1. The first kappa shape index (κ1) is 25.1. The van der Waals surface area contributed by atoms with E-state index in [9.17, 15) is 19.1 Å². The predicted octanol–water partition coefficient (Wildman–Crippen LogP) is 6.17. The van der Waals surface area contributed by atoms with Gasteiger partial charge >= 0.3 is 5.91 Å². The number of carbonyl (C=O) groups excluding carboxylic acids is 2. The van der Waals surface area contributed by atoms with Crippen LogP contribution in [0.2, 0.25) is 0 Å². The van der Waals surface area contributed by atoms with Crippen LogP contribution in [-0.4, -0.2) is 34.5 Å². The SMILES string of the molecule is CCCOc1cccc([C@H]2C(=C(O)c3ccc4c(c3)C[C@@H](C)O4)C(=O)C(=O)N2c2nc3ccc(F)cc3s2)c1. The van der Waals surface area contributed by atoms with E-state index in [2.05, 4.69) is 4.98 Å². The third kappa shape index (κ3) is 4.42. The molecule has 1 fully saturated rings. The van der Waals surface area contributed by atoms with Crippen molar-refractivity contribution in [2.45, 2.75) is 38.8 Å². The highest BCUT2D eigenvalue weighted by molar-refractivity contribution is 7.22. The summed E-state index contributed by atoms with van der Waals surface area (Å²) in [5, 5.41) is 11.8.